The zero-order valence-corrected chi connectivity index (χ0v) is 14.7. The second kappa shape index (κ2) is 7.74. The lowest BCUT2D eigenvalue weighted by atomic mass is 10.1. The van der Waals surface area contributed by atoms with Gasteiger partial charge in [-0.1, -0.05) is 25.5 Å². The molecule has 1 aromatic rings. The molecule has 1 aliphatic rings. The van der Waals surface area contributed by atoms with Gasteiger partial charge in [-0.25, -0.2) is 8.42 Å². The van der Waals surface area contributed by atoms with Crippen molar-refractivity contribution in [1.29, 1.82) is 0 Å². The molecule has 1 heterocycles. The third kappa shape index (κ3) is 4.94. The number of aryl methyl sites for hydroxylation is 1. The molecular weight excluding hydrogens is 357 g/mol. The fraction of sp³-hybridized carbons (Fsp3) is 0.562. The minimum atomic E-state index is -4.97. The summed E-state index contributed by atoms with van der Waals surface area (Å²) >= 11 is 0. The molecule has 1 unspecified atom stereocenters. The van der Waals surface area contributed by atoms with Crippen LogP contribution in [-0.4, -0.2) is 43.9 Å². The van der Waals surface area contributed by atoms with Gasteiger partial charge in [-0.3, -0.25) is 4.79 Å². The fourth-order valence-electron chi connectivity index (χ4n) is 2.69. The minimum Gasteiger partial charge on any atom is -0.344 e. The van der Waals surface area contributed by atoms with Crippen LogP contribution in [0.3, 0.4) is 0 Å². The molecule has 25 heavy (non-hydrogen) atoms. The molecular formula is C16H21F3N2O3S. The van der Waals surface area contributed by atoms with Gasteiger partial charge in [0, 0.05) is 19.1 Å². The van der Waals surface area contributed by atoms with Crippen LogP contribution in [0.2, 0.25) is 0 Å². The predicted molar refractivity (Wildman–Crippen MR) is 86.4 cm³/mol. The highest BCUT2D eigenvalue weighted by atomic mass is 32.2. The van der Waals surface area contributed by atoms with E-state index in [0.717, 1.165) is 29.1 Å². The normalized spacial score (nSPS) is 19.1. The Hall–Kier alpha value is -1.61. The third-order valence-corrected chi connectivity index (χ3v) is 6.00. The van der Waals surface area contributed by atoms with Crippen LogP contribution in [0.25, 0.3) is 0 Å². The van der Waals surface area contributed by atoms with E-state index in [0.29, 0.717) is 0 Å². The van der Waals surface area contributed by atoms with Crippen LogP contribution in [-0.2, 0) is 21.2 Å². The Kier molecular flexibility index (Phi) is 6.10. The summed E-state index contributed by atoms with van der Waals surface area (Å²) in [6, 6.07) is 5.69. The minimum absolute atomic E-state index is 0.0721. The molecule has 1 amide bonds. The SMILES string of the molecule is CCCCc1ccc(S(=O)(=O)N2CCC(NC(=O)C(F)(F)F)C2)cc1. The highest BCUT2D eigenvalue weighted by Crippen LogP contribution is 2.23. The first-order valence-corrected chi connectivity index (χ1v) is 9.55. The molecule has 1 aromatic carbocycles. The van der Waals surface area contributed by atoms with Crippen LogP contribution < -0.4 is 5.32 Å². The molecule has 1 saturated heterocycles. The molecule has 0 bridgehead atoms. The predicted octanol–water partition coefficient (Wildman–Crippen LogP) is 2.47. The van der Waals surface area contributed by atoms with Gasteiger partial charge in [0.15, 0.2) is 0 Å². The van der Waals surface area contributed by atoms with Crippen LogP contribution in [0.4, 0.5) is 13.2 Å². The molecule has 1 atom stereocenters. The van der Waals surface area contributed by atoms with E-state index in [2.05, 4.69) is 6.92 Å². The number of nitrogens with one attached hydrogen (secondary N) is 1. The molecule has 140 valence electrons. The maximum atomic E-state index is 12.6. The number of hydrogen-bond acceptors (Lipinski definition) is 3. The van der Waals surface area contributed by atoms with Crippen molar-refractivity contribution in [2.75, 3.05) is 13.1 Å². The van der Waals surface area contributed by atoms with Gasteiger partial charge in [0.05, 0.1) is 4.90 Å². The van der Waals surface area contributed by atoms with Crippen LogP contribution >= 0.6 is 0 Å². The lowest BCUT2D eigenvalue weighted by Gasteiger charge is -2.18. The zero-order valence-electron chi connectivity index (χ0n) is 13.8. The largest absolute Gasteiger partial charge is 0.471 e. The van der Waals surface area contributed by atoms with E-state index in [4.69, 9.17) is 0 Å². The number of amides is 1. The third-order valence-electron chi connectivity index (χ3n) is 4.12. The van der Waals surface area contributed by atoms with Crippen molar-refractivity contribution in [3.05, 3.63) is 29.8 Å². The standard InChI is InChI=1S/C16H21F3N2O3S/c1-2-3-4-12-5-7-14(8-6-12)25(23,24)21-10-9-13(11-21)20-15(22)16(17,18)19/h5-8,13H,2-4,9-11H2,1H3,(H,20,22). The number of benzene rings is 1. The van der Waals surface area contributed by atoms with Crippen LogP contribution in [0.15, 0.2) is 29.2 Å². The van der Waals surface area contributed by atoms with E-state index >= 15 is 0 Å². The Morgan fingerprint density at radius 3 is 2.48 bits per heavy atom. The molecule has 0 spiro atoms. The Morgan fingerprint density at radius 2 is 1.92 bits per heavy atom. The van der Waals surface area contributed by atoms with E-state index in [9.17, 15) is 26.4 Å². The quantitative estimate of drug-likeness (QED) is 0.827. The van der Waals surface area contributed by atoms with Crippen molar-refractivity contribution in [1.82, 2.24) is 9.62 Å². The number of nitrogens with zero attached hydrogens (tertiary/aromatic N) is 1. The summed E-state index contributed by atoms with van der Waals surface area (Å²) in [5.74, 6) is -2.04. The lowest BCUT2D eigenvalue weighted by Crippen LogP contribution is -2.44. The van der Waals surface area contributed by atoms with Gasteiger partial charge in [0.2, 0.25) is 10.0 Å². The summed E-state index contributed by atoms with van der Waals surface area (Å²) < 4.78 is 63.1. The first-order valence-electron chi connectivity index (χ1n) is 8.11. The van der Waals surface area contributed by atoms with E-state index < -0.39 is 28.1 Å². The zero-order chi connectivity index (χ0) is 18.7. The number of rotatable bonds is 6. The smallest absolute Gasteiger partial charge is 0.344 e. The van der Waals surface area contributed by atoms with Crippen molar-refractivity contribution >= 4 is 15.9 Å². The van der Waals surface area contributed by atoms with Gasteiger partial charge in [0.25, 0.3) is 0 Å². The van der Waals surface area contributed by atoms with Gasteiger partial charge < -0.3 is 5.32 Å². The highest BCUT2D eigenvalue weighted by Gasteiger charge is 2.41. The first-order chi connectivity index (χ1) is 11.6. The van der Waals surface area contributed by atoms with Crippen molar-refractivity contribution in [3.63, 3.8) is 0 Å². The number of unbranched alkanes of at least 4 members (excludes halogenated alkanes) is 1. The van der Waals surface area contributed by atoms with Crippen LogP contribution in [0.1, 0.15) is 31.7 Å². The lowest BCUT2D eigenvalue weighted by molar-refractivity contribution is -0.174. The fourth-order valence-corrected chi connectivity index (χ4v) is 4.19. The molecule has 1 aliphatic heterocycles. The Bertz CT molecular complexity index is 702. The molecule has 0 saturated carbocycles. The first kappa shape index (κ1) is 19.7. The van der Waals surface area contributed by atoms with Crippen LogP contribution in [0, 0.1) is 0 Å². The maximum Gasteiger partial charge on any atom is 0.471 e. The van der Waals surface area contributed by atoms with Crippen molar-refractivity contribution < 1.29 is 26.4 Å². The average Bonchev–Trinajstić information content (AvgIpc) is 3.01. The highest BCUT2D eigenvalue weighted by molar-refractivity contribution is 7.89. The van der Waals surface area contributed by atoms with Crippen molar-refractivity contribution in [2.24, 2.45) is 0 Å². The van der Waals surface area contributed by atoms with Crippen molar-refractivity contribution in [2.45, 2.75) is 49.7 Å². The van der Waals surface area contributed by atoms with Crippen molar-refractivity contribution in [3.8, 4) is 0 Å². The average molecular weight is 378 g/mol. The summed E-state index contributed by atoms with van der Waals surface area (Å²) in [6.07, 6.45) is -1.90. The molecule has 0 radical (unpaired) electrons. The Labute approximate surface area is 145 Å². The van der Waals surface area contributed by atoms with Crippen LogP contribution in [0.5, 0.6) is 0 Å². The number of alkyl halides is 3. The summed E-state index contributed by atoms with van der Waals surface area (Å²) in [4.78, 5) is 11.1. The van der Waals surface area contributed by atoms with Gasteiger partial charge in [0.1, 0.15) is 0 Å². The maximum absolute atomic E-state index is 12.6. The second-order valence-corrected chi connectivity index (χ2v) is 8.01. The van der Waals surface area contributed by atoms with Gasteiger partial charge >= 0.3 is 12.1 Å². The monoisotopic (exact) mass is 378 g/mol. The summed E-state index contributed by atoms with van der Waals surface area (Å²) in [5, 5.41) is 1.83. The van der Waals surface area contributed by atoms with E-state index in [1.54, 1.807) is 12.1 Å². The summed E-state index contributed by atoms with van der Waals surface area (Å²) in [5.41, 5.74) is 1.04. The Morgan fingerprint density at radius 1 is 1.28 bits per heavy atom. The van der Waals surface area contributed by atoms with E-state index in [-0.39, 0.29) is 24.4 Å². The molecule has 1 fully saturated rings. The summed E-state index contributed by atoms with van der Waals surface area (Å²) in [7, 11) is -3.78. The number of halogens is 3. The molecule has 9 heteroatoms. The second-order valence-electron chi connectivity index (χ2n) is 6.07. The number of sulfonamides is 1. The van der Waals surface area contributed by atoms with Gasteiger partial charge in [-0.15, -0.1) is 0 Å². The molecule has 5 nitrogen and oxygen atoms in total. The van der Waals surface area contributed by atoms with Gasteiger partial charge in [-0.05, 0) is 37.0 Å². The number of carbonyl (C=O) groups excluding carboxylic acids is 1. The molecule has 1 N–H and O–H groups in total. The van der Waals surface area contributed by atoms with E-state index in [1.165, 1.54) is 12.1 Å². The van der Waals surface area contributed by atoms with Gasteiger partial charge in [-0.2, -0.15) is 17.5 Å². The molecule has 0 aliphatic carbocycles. The summed E-state index contributed by atoms with van der Waals surface area (Å²) in [6.45, 7) is 1.98. The number of carbonyl (C=O) groups is 1. The number of hydrogen-bond donors (Lipinski definition) is 1. The molecule has 2 rings (SSSR count). The van der Waals surface area contributed by atoms with E-state index in [1.807, 2.05) is 5.32 Å². The Balaban J connectivity index is 2.02. The topological polar surface area (TPSA) is 66.5 Å². The molecule has 0 aromatic heterocycles.